The molecule has 1 aliphatic carbocycles. The van der Waals surface area contributed by atoms with Crippen LogP contribution in [0, 0.1) is 6.92 Å². The lowest BCUT2D eigenvalue weighted by atomic mass is 9.81. The third-order valence-electron chi connectivity index (χ3n) is 6.83. The molecule has 2 aliphatic rings. The van der Waals surface area contributed by atoms with Gasteiger partial charge in [-0.3, -0.25) is 0 Å². The number of rotatable bonds is 2. The number of aromatic nitrogens is 1. The summed E-state index contributed by atoms with van der Waals surface area (Å²) in [7, 11) is 1.45. The Morgan fingerprint density at radius 2 is 1.90 bits per heavy atom. The Balaban J connectivity index is 1.83. The molecule has 4 nitrogen and oxygen atoms in total. The zero-order valence-electron chi connectivity index (χ0n) is 18.1. The van der Waals surface area contributed by atoms with Gasteiger partial charge in [0.25, 0.3) is 0 Å². The fourth-order valence-corrected chi connectivity index (χ4v) is 5.47. The summed E-state index contributed by atoms with van der Waals surface area (Å²) in [6.45, 7) is 5.26. The summed E-state index contributed by atoms with van der Waals surface area (Å²) in [6.07, 6.45) is 6.42. The van der Waals surface area contributed by atoms with Crippen LogP contribution in [0.15, 0.2) is 36.4 Å². The fourth-order valence-electron chi connectivity index (χ4n) is 5.47. The summed E-state index contributed by atoms with van der Waals surface area (Å²) >= 11 is 0. The van der Waals surface area contributed by atoms with Gasteiger partial charge in [-0.25, -0.2) is 4.79 Å². The minimum atomic E-state index is -0.275. The maximum Gasteiger partial charge on any atom is 0.337 e. The summed E-state index contributed by atoms with van der Waals surface area (Å²) in [5.74, 6) is 0.298. The summed E-state index contributed by atoms with van der Waals surface area (Å²) in [5.41, 5.74) is 8.35. The number of hydrogen-bond donors (Lipinski definition) is 1. The molecule has 1 N–H and O–H groups in total. The number of carbonyl (C=O) groups is 1. The van der Waals surface area contributed by atoms with Crippen molar-refractivity contribution in [2.75, 3.05) is 12.4 Å². The Morgan fingerprint density at radius 1 is 1.10 bits per heavy atom. The van der Waals surface area contributed by atoms with Crippen LogP contribution in [0.2, 0.25) is 0 Å². The second-order valence-corrected chi connectivity index (χ2v) is 9.03. The van der Waals surface area contributed by atoms with Crippen LogP contribution < -0.4 is 5.32 Å². The van der Waals surface area contributed by atoms with Crippen LogP contribution in [-0.4, -0.2) is 23.7 Å². The predicted molar refractivity (Wildman–Crippen MR) is 122 cm³/mol. The van der Waals surface area contributed by atoms with Gasteiger partial charge in [0.2, 0.25) is 0 Å². The van der Waals surface area contributed by atoms with Crippen molar-refractivity contribution in [1.82, 2.24) is 4.57 Å². The Bertz CT molecular complexity index is 1120. The molecule has 0 amide bonds. The number of methoxy groups -OCH3 is 1. The van der Waals surface area contributed by atoms with Crippen LogP contribution in [0.4, 0.5) is 5.69 Å². The number of benzene rings is 2. The van der Waals surface area contributed by atoms with Gasteiger partial charge in [0.1, 0.15) is 0 Å². The Labute approximate surface area is 178 Å². The Morgan fingerprint density at radius 3 is 2.67 bits per heavy atom. The summed E-state index contributed by atoms with van der Waals surface area (Å²) in [6, 6.07) is 13.2. The van der Waals surface area contributed by atoms with Gasteiger partial charge >= 0.3 is 5.97 Å². The third kappa shape index (κ3) is 3.10. The highest BCUT2D eigenvalue weighted by Crippen LogP contribution is 2.47. The van der Waals surface area contributed by atoms with Gasteiger partial charge in [-0.05, 0) is 61.9 Å². The van der Waals surface area contributed by atoms with Gasteiger partial charge in [0.05, 0.1) is 18.4 Å². The molecule has 3 aromatic rings. The highest BCUT2D eigenvalue weighted by atomic mass is 16.5. The minimum absolute atomic E-state index is 0.275. The summed E-state index contributed by atoms with van der Waals surface area (Å²) in [4.78, 5) is 12.3. The number of carbonyl (C=O) groups excluding carboxylic acids is 1. The van der Waals surface area contributed by atoms with Crippen LogP contribution in [0.25, 0.3) is 22.2 Å². The van der Waals surface area contributed by atoms with Crippen molar-refractivity contribution < 1.29 is 9.53 Å². The lowest BCUT2D eigenvalue weighted by Gasteiger charge is -2.24. The van der Waals surface area contributed by atoms with Gasteiger partial charge in [-0.15, -0.1) is 0 Å². The van der Waals surface area contributed by atoms with Crippen molar-refractivity contribution in [1.29, 1.82) is 0 Å². The van der Waals surface area contributed by atoms with Crippen molar-refractivity contribution in [2.45, 2.75) is 64.5 Å². The summed E-state index contributed by atoms with van der Waals surface area (Å²) in [5, 5.41) is 5.02. The largest absolute Gasteiger partial charge is 0.465 e. The molecule has 1 fully saturated rings. The van der Waals surface area contributed by atoms with Crippen LogP contribution in [0.5, 0.6) is 0 Å². The number of hydrogen-bond acceptors (Lipinski definition) is 3. The van der Waals surface area contributed by atoms with Crippen molar-refractivity contribution >= 4 is 22.6 Å². The normalized spacial score (nSPS) is 19.0. The van der Waals surface area contributed by atoms with Crippen molar-refractivity contribution in [3.05, 3.63) is 53.1 Å². The van der Waals surface area contributed by atoms with Gasteiger partial charge < -0.3 is 14.6 Å². The molecule has 1 aliphatic heterocycles. The monoisotopic (exact) mass is 402 g/mol. The van der Waals surface area contributed by atoms with E-state index in [1.54, 1.807) is 0 Å². The standard InChI is InChI=1S/C26H30N2O2/c1-16-9-11-20-22(13-16)27-17(2)15-28-23-14-19(26(29)30-3)10-12-21(23)24(25(20)28)18-7-5-4-6-8-18/h9-14,17-18,27H,4-8,15H2,1-3H3. The number of nitrogens with zero attached hydrogens (tertiary/aromatic N) is 1. The van der Waals surface area contributed by atoms with E-state index in [-0.39, 0.29) is 5.97 Å². The number of ether oxygens (including phenoxy) is 1. The number of aryl methyl sites for hydroxylation is 1. The third-order valence-corrected chi connectivity index (χ3v) is 6.83. The van der Waals surface area contributed by atoms with Crippen LogP contribution >= 0.6 is 0 Å². The predicted octanol–water partition coefficient (Wildman–Crippen LogP) is 6.27. The van der Waals surface area contributed by atoms with Crippen LogP contribution in [0.1, 0.15) is 66.4 Å². The summed E-state index contributed by atoms with van der Waals surface area (Å²) < 4.78 is 7.46. The van der Waals surface area contributed by atoms with E-state index in [1.807, 2.05) is 12.1 Å². The van der Waals surface area contributed by atoms with Gasteiger partial charge in [0.15, 0.2) is 0 Å². The average molecular weight is 403 g/mol. The van der Waals surface area contributed by atoms with E-state index in [1.165, 1.54) is 72.7 Å². The lowest BCUT2D eigenvalue weighted by molar-refractivity contribution is 0.0601. The SMILES string of the molecule is COC(=O)c1ccc2c(C3CCCCC3)c3n(c2c1)CC(C)Nc1cc(C)ccc1-3. The highest BCUT2D eigenvalue weighted by molar-refractivity contribution is 6.00. The van der Waals surface area contributed by atoms with Gasteiger partial charge in [-0.2, -0.15) is 0 Å². The Kier molecular flexibility index (Phi) is 4.80. The van der Waals surface area contributed by atoms with Crippen molar-refractivity contribution in [2.24, 2.45) is 0 Å². The first-order chi connectivity index (χ1) is 14.6. The number of nitrogens with one attached hydrogen (secondary N) is 1. The smallest absolute Gasteiger partial charge is 0.337 e. The molecule has 1 aromatic heterocycles. The van der Waals surface area contributed by atoms with Crippen molar-refractivity contribution in [3.63, 3.8) is 0 Å². The van der Waals surface area contributed by atoms with E-state index in [0.29, 0.717) is 17.5 Å². The molecule has 5 rings (SSSR count). The average Bonchev–Trinajstić information content (AvgIpc) is 2.98. The van der Waals surface area contributed by atoms with E-state index in [0.717, 1.165) is 12.1 Å². The second kappa shape index (κ2) is 7.50. The molecule has 1 atom stereocenters. The molecular formula is C26H30N2O2. The van der Waals surface area contributed by atoms with E-state index < -0.39 is 0 Å². The minimum Gasteiger partial charge on any atom is -0.465 e. The molecule has 2 aromatic carbocycles. The quantitative estimate of drug-likeness (QED) is 0.514. The number of anilines is 1. The molecule has 4 heteroatoms. The van der Waals surface area contributed by atoms with Gasteiger partial charge in [-0.1, -0.05) is 37.5 Å². The van der Waals surface area contributed by atoms with E-state index in [2.05, 4.69) is 48.0 Å². The van der Waals surface area contributed by atoms with Crippen molar-refractivity contribution in [3.8, 4) is 11.3 Å². The first-order valence-electron chi connectivity index (χ1n) is 11.2. The van der Waals surface area contributed by atoms with Crippen LogP contribution in [-0.2, 0) is 11.3 Å². The van der Waals surface area contributed by atoms with Gasteiger partial charge in [0, 0.05) is 34.7 Å². The molecule has 0 bridgehead atoms. The molecule has 156 valence electrons. The van der Waals surface area contributed by atoms with E-state index in [4.69, 9.17) is 4.74 Å². The molecule has 30 heavy (non-hydrogen) atoms. The maximum atomic E-state index is 12.3. The second-order valence-electron chi connectivity index (χ2n) is 9.03. The molecule has 0 saturated heterocycles. The first kappa shape index (κ1) is 19.2. The topological polar surface area (TPSA) is 43.3 Å². The zero-order chi connectivity index (χ0) is 20.8. The molecular weight excluding hydrogens is 372 g/mol. The van der Waals surface area contributed by atoms with E-state index in [9.17, 15) is 4.79 Å². The molecule has 0 spiro atoms. The molecule has 1 unspecified atom stereocenters. The molecule has 1 saturated carbocycles. The number of fused-ring (bicyclic) bond motifs is 5. The fraction of sp³-hybridized carbons (Fsp3) is 0.423. The highest BCUT2D eigenvalue weighted by Gasteiger charge is 2.30. The maximum absolute atomic E-state index is 12.3. The lowest BCUT2D eigenvalue weighted by Crippen LogP contribution is -2.20. The van der Waals surface area contributed by atoms with E-state index >= 15 is 0 Å². The molecule has 0 radical (unpaired) electrons. The number of esters is 1. The molecule has 2 heterocycles. The Hall–Kier alpha value is -2.75. The zero-order valence-corrected chi connectivity index (χ0v) is 18.1. The first-order valence-corrected chi connectivity index (χ1v) is 11.2. The van der Waals surface area contributed by atoms with Crippen LogP contribution in [0.3, 0.4) is 0 Å².